The lowest BCUT2D eigenvalue weighted by Gasteiger charge is -2.19. The zero-order valence-corrected chi connectivity index (χ0v) is 12.6. The molecule has 3 aromatic rings. The fourth-order valence-electron chi connectivity index (χ4n) is 2.48. The average Bonchev–Trinajstić information content (AvgIpc) is 3.09. The Kier molecular flexibility index (Phi) is 4.02. The summed E-state index contributed by atoms with van der Waals surface area (Å²) in [5.74, 6) is 0.592. The van der Waals surface area contributed by atoms with Crippen molar-refractivity contribution >= 4 is 0 Å². The maximum absolute atomic E-state index is 13.6. The molecule has 0 saturated carbocycles. The Morgan fingerprint density at radius 2 is 2.18 bits per heavy atom. The molecule has 0 bridgehead atoms. The van der Waals surface area contributed by atoms with E-state index in [-0.39, 0.29) is 11.9 Å². The monoisotopic (exact) mass is 299 g/mol. The van der Waals surface area contributed by atoms with Crippen LogP contribution in [0.2, 0.25) is 0 Å². The van der Waals surface area contributed by atoms with Crippen LogP contribution in [0.5, 0.6) is 0 Å². The van der Waals surface area contributed by atoms with Crippen molar-refractivity contribution < 1.29 is 4.39 Å². The molecule has 1 N–H and O–H groups in total. The smallest absolute Gasteiger partial charge is 0.130 e. The van der Waals surface area contributed by atoms with Gasteiger partial charge in [-0.25, -0.2) is 9.37 Å². The van der Waals surface area contributed by atoms with Gasteiger partial charge in [0, 0.05) is 44.8 Å². The number of aryl methyl sites for hydroxylation is 2. The molecule has 114 valence electrons. The summed E-state index contributed by atoms with van der Waals surface area (Å²) >= 11 is 0. The van der Waals surface area contributed by atoms with Gasteiger partial charge >= 0.3 is 0 Å². The van der Waals surface area contributed by atoms with Gasteiger partial charge in [0.05, 0.1) is 12.2 Å². The van der Waals surface area contributed by atoms with E-state index in [9.17, 15) is 4.39 Å². The molecule has 0 aliphatic rings. The van der Waals surface area contributed by atoms with Crippen LogP contribution >= 0.6 is 0 Å². The van der Waals surface area contributed by atoms with Gasteiger partial charge in [-0.05, 0) is 17.7 Å². The van der Waals surface area contributed by atoms with E-state index in [2.05, 4.69) is 15.4 Å². The van der Waals surface area contributed by atoms with Crippen LogP contribution in [0.15, 0.2) is 49.1 Å². The highest BCUT2D eigenvalue weighted by Crippen LogP contribution is 2.21. The van der Waals surface area contributed by atoms with Crippen LogP contribution in [0.1, 0.15) is 23.0 Å². The van der Waals surface area contributed by atoms with Crippen LogP contribution in [-0.2, 0) is 20.6 Å². The Labute approximate surface area is 128 Å². The molecule has 0 saturated heterocycles. The minimum absolute atomic E-state index is 0.184. The number of imidazole rings is 1. The molecule has 5 nitrogen and oxygen atoms in total. The van der Waals surface area contributed by atoms with Crippen LogP contribution in [-0.4, -0.2) is 19.3 Å². The van der Waals surface area contributed by atoms with Gasteiger partial charge in [0.1, 0.15) is 11.6 Å². The van der Waals surface area contributed by atoms with Gasteiger partial charge in [-0.15, -0.1) is 0 Å². The summed E-state index contributed by atoms with van der Waals surface area (Å²) in [7, 11) is 3.81. The molecule has 1 atom stereocenters. The number of benzene rings is 1. The highest BCUT2D eigenvalue weighted by Gasteiger charge is 2.18. The highest BCUT2D eigenvalue weighted by atomic mass is 19.1. The number of aromatic nitrogens is 4. The van der Waals surface area contributed by atoms with Gasteiger partial charge in [0.25, 0.3) is 0 Å². The first-order valence-electron chi connectivity index (χ1n) is 7.07. The first-order chi connectivity index (χ1) is 10.6. The average molecular weight is 299 g/mol. The van der Waals surface area contributed by atoms with Crippen LogP contribution in [0.4, 0.5) is 4.39 Å². The SMILES string of the molecule is Cn1cc(CNC(c2cccc(F)c2)c2nccn2C)cn1. The molecule has 0 aliphatic carbocycles. The maximum atomic E-state index is 13.6. The first kappa shape index (κ1) is 14.5. The van der Waals surface area contributed by atoms with Crippen LogP contribution in [0.3, 0.4) is 0 Å². The molecule has 22 heavy (non-hydrogen) atoms. The summed E-state index contributed by atoms with van der Waals surface area (Å²) in [6, 6.07) is 6.41. The second kappa shape index (κ2) is 6.11. The van der Waals surface area contributed by atoms with Crippen molar-refractivity contribution in [1.29, 1.82) is 0 Å². The van der Waals surface area contributed by atoms with E-state index in [4.69, 9.17) is 0 Å². The molecule has 2 aromatic heterocycles. The third-order valence-electron chi connectivity index (χ3n) is 3.57. The van der Waals surface area contributed by atoms with E-state index in [0.29, 0.717) is 6.54 Å². The molecule has 0 amide bonds. The highest BCUT2D eigenvalue weighted by molar-refractivity contribution is 5.26. The summed E-state index contributed by atoms with van der Waals surface area (Å²) in [5, 5.41) is 7.59. The van der Waals surface area contributed by atoms with E-state index < -0.39 is 0 Å². The molecule has 0 aliphatic heterocycles. The van der Waals surface area contributed by atoms with Crippen molar-refractivity contribution in [2.45, 2.75) is 12.6 Å². The number of nitrogens with one attached hydrogen (secondary N) is 1. The largest absolute Gasteiger partial charge is 0.336 e. The predicted molar refractivity (Wildman–Crippen MR) is 81.5 cm³/mol. The van der Waals surface area contributed by atoms with Gasteiger partial charge in [-0.2, -0.15) is 5.10 Å². The summed E-state index contributed by atoms with van der Waals surface area (Å²) in [4.78, 5) is 4.40. The van der Waals surface area contributed by atoms with Crippen molar-refractivity contribution in [3.05, 3.63) is 71.8 Å². The number of nitrogens with zero attached hydrogens (tertiary/aromatic N) is 4. The molecule has 6 heteroatoms. The van der Waals surface area contributed by atoms with Crippen molar-refractivity contribution in [2.75, 3.05) is 0 Å². The Morgan fingerprint density at radius 3 is 2.82 bits per heavy atom. The van der Waals surface area contributed by atoms with Crippen molar-refractivity contribution in [3.8, 4) is 0 Å². The topological polar surface area (TPSA) is 47.7 Å². The second-order valence-electron chi connectivity index (χ2n) is 5.29. The molecule has 0 spiro atoms. The van der Waals surface area contributed by atoms with Gasteiger partial charge in [0.2, 0.25) is 0 Å². The minimum Gasteiger partial charge on any atom is -0.336 e. The summed E-state index contributed by atoms with van der Waals surface area (Å²) < 4.78 is 17.3. The van der Waals surface area contributed by atoms with Crippen molar-refractivity contribution in [3.63, 3.8) is 0 Å². The maximum Gasteiger partial charge on any atom is 0.130 e. The lowest BCUT2D eigenvalue weighted by atomic mass is 10.1. The van der Waals surface area contributed by atoms with E-state index in [0.717, 1.165) is 17.0 Å². The first-order valence-corrected chi connectivity index (χ1v) is 7.07. The molecule has 1 aromatic carbocycles. The van der Waals surface area contributed by atoms with Gasteiger partial charge in [0.15, 0.2) is 0 Å². The number of hydrogen-bond donors (Lipinski definition) is 1. The summed E-state index contributed by atoms with van der Waals surface area (Å²) in [5.41, 5.74) is 1.91. The fraction of sp³-hybridized carbons (Fsp3) is 0.250. The van der Waals surface area contributed by atoms with Crippen LogP contribution in [0.25, 0.3) is 0 Å². The normalized spacial score (nSPS) is 12.5. The number of halogens is 1. The molecular weight excluding hydrogens is 281 g/mol. The number of rotatable bonds is 5. The van der Waals surface area contributed by atoms with Gasteiger partial charge < -0.3 is 4.57 Å². The Balaban J connectivity index is 1.88. The fourth-order valence-corrected chi connectivity index (χ4v) is 2.48. The molecule has 1 unspecified atom stereocenters. The second-order valence-corrected chi connectivity index (χ2v) is 5.29. The third kappa shape index (κ3) is 3.07. The Hall–Kier alpha value is -2.47. The van der Waals surface area contributed by atoms with E-state index in [1.54, 1.807) is 16.9 Å². The van der Waals surface area contributed by atoms with Gasteiger partial charge in [-0.1, -0.05) is 12.1 Å². The molecular formula is C16H18FN5. The molecule has 2 heterocycles. The third-order valence-corrected chi connectivity index (χ3v) is 3.57. The molecule has 0 fully saturated rings. The van der Waals surface area contributed by atoms with Gasteiger partial charge in [-0.3, -0.25) is 10.00 Å². The zero-order chi connectivity index (χ0) is 15.5. The summed E-state index contributed by atoms with van der Waals surface area (Å²) in [6.07, 6.45) is 7.39. The molecule has 0 radical (unpaired) electrons. The van der Waals surface area contributed by atoms with Crippen molar-refractivity contribution in [2.24, 2.45) is 14.1 Å². The Morgan fingerprint density at radius 1 is 1.32 bits per heavy atom. The molecule has 3 rings (SSSR count). The van der Waals surface area contributed by atoms with Crippen LogP contribution in [0, 0.1) is 5.82 Å². The predicted octanol–water partition coefficient (Wildman–Crippen LogP) is 2.17. The van der Waals surface area contributed by atoms with E-state index >= 15 is 0 Å². The summed E-state index contributed by atoms with van der Waals surface area (Å²) in [6.45, 7) is 0.627. The van der Waals surface area contributed by atoms with E-state index in [1.807, 2.05) is 43.3 Å². The minimum atomic E-state index is -0.250. The Bertz CT molecular complexity index is 761. The van der Waals surface area contributed by atoms with Crippen LogP contribution < -0.4 is 5.32 Å². The lowest BCUT2D eigenvalue weighted by Crippen LogP contribution is -2.24. The quantitative estimate of drug-likeness (QED) is 0.785. The van der Waals surface area contributed by atoms with Crippen molar-refractivity contribution in [1.82, 2.24) is 24.6 Å². The van der Waals surface area contributed by atoms with E-state index in [1.165, 1.54) is 12.1 Å². The lowest BCUT2D eigenvalue weighted by molar-refractivity contribution is 0.551. The zero-order valence-electron chi connectivity index (χ0n) is 12.6. The number of hydrogen-bond acceptors (Lipinski definition) is 3. The standard InChI is InChI=1S/C16H18FN5/c1-21-7-6-18-16(21)15(13-4-3-5-14(17)8-13)19-9-12-10-20-22(2)11-12/h3-8,10-11,15,19H,9H2,1-2H3.